The zero-order valence-electron chi connectivity index (χ0n) is 15.4. The summed E-state index contributed by atoms with van der Waals surface area (Å²) < 4.78 is 13.0. The minimum Gasteiger partial charge on any atom is -0.497 e. The monoisotopic (exact) mass is 358 g/mol. The molecule has 140 valence electrons. The van der Waals surface area contributed by atoms with Crippen molar-refractivity contribution in [2.75, 3.05) is 26.8 Å². The molecular weight excluding hydrogens is 332 g/mol. The van der Waals surface area contributed by atoms with Crippen LogP contribution in [0.5, 0.6) is 11.5 Å². The van der Waals surface area contributed by atoms with Gasteiger partial charge in [0, 0.05) is 45.0 Å². The van der Waals surface area contributed by atoms with Crippen LogP contribution in [-0.2, 0) is 18.3 Å². The van der Waals surface area contributed by atoms with Crippen LogP contribution in [0.2, 0.25) is 0 Å². The second kappa shape index (κ2) is 8.69. The fraction of sp³-hybridized carbons (Fsp3) is 0.526. The van der Waals surface area contributed by atoms with Crippen LogP contribution in [0, 0.1) is 5.92 Å². The SMILES string of the molecule is COc1cccc(OC[C@@H]2CCCN(C(=O)CCc3nncn3C)C2)c1. The fourth-order valence-corrected chi connectivity index (χ4v) is 3.24. The lowest BCUT2D eigenvalue weighted by molar-refractivity contribution is -0.133. The molecule has 2 heterocycles. The highest BCUT2D eigenvalue weighted by Gasteiger charge is 2.24. The second-order valence-electron chi connectivity index (χ2n) is 6.70. The molecule has 1 atom stereocenters. The molecule has 2 aromatic rings. The van der Waals surface area contributed by atoms with E-state index in [2.05, 4.69) is 10.2 Å². The van der Waals surface area contributed by atoms with Crippen molar-refractivity contribution in [3.63, 3.8) is 0 Å². The summed E-state index contributed by atoms with van der Waals surface area (Å²) in [5, 5.41) is 7.89. The molecule has 1 aromatic heterocycles. The number of methoxy groups -OCH3 is 1. The molecule has 1 saturated heterocycles. The summed E-state index contributed by atoms with van der Waals surface area (Å²) in [5.41, 5.74) is 0. The molecule has 7 nitrogen and oxygen atoms in total. The van der Waals surface area contributed by atoms with Gasteiger partial charge >= 0.3 is 0 Å². The summed E-state index contributed by atoms with van der Waals surface area (Å²) in [5.74, 6) is 2.96. The molecule has 7 heteroatoms. The van der Waals surface area contributed by atoms with Gasteiger partial charge in [-0.25, -0.2) is 0 Å². The molecule has 1 aromatic carbocycles. The number of amides is 1. The topological polar surface area (TPSA) is 69.5 Å². The van der Waals surface area contributed by atoms with E-state index in [1.807, 2.05) is 40.8 Å². The number of piperidine rings is 1. The van der Waals surface area contributed by atoms with E-state index in [1.54, 1.807) is 13.4 Å². The third-order valence-electron chi connectivity index (χ3n) is 4.77. The first-order valence-corrected chi connectivity index (χ1v) is 9.03. The largest absolute Gasteiger partial charge is 0.497 e. The number of rotatable bonds is 7. The van der Waals surface area contributed by atoms with Gasteiger partial charge < -0.3 is 18.9 Å². The van der Waals surface area contributed by atoms with E-state index in [0.717, 1.165) is 43.3 Å². The number of likely N-dealkylation sites (tertiary alicyclic amines) is 1. The maximum absolute atomic E-state index is 12.5. The van der Waals surface area contributed by atoms with Crippen LogP contribution in [0.25, 0.3) is 0 Å². The number of carbonyl (C=O) groups excluding carboxylic acids is 1. The minimum absolute atomic E-state index is 0.180. The van der Waals surface area contributed by atoms with E-state index in [4.69, 9.17) is 9.47 Å². The highest BCUT2D eigenvalue weighted by atomic mass is 16.5. The molecule has 1 amide bonds. The molecule has 1 aliphatic rings. The van der Waals surface area contributed by atoms with Gasteiger partial charge in [-0.15, -0.1) is 10.2 Å². The van der Waals surface area contributed by atoms with Gasteiger partial charge in [0.2, 0.25) is 5.91 Å². The van der Waals surface area contributed by atoms with Crippen molar-refractivity contribution in [3.05, 3.63) is 36.4 Å². The van der Waals surface area contributed by atoms with Crippen molar-refractivity contribution in [2.45, 2.75) is 25.7 Å². The third kappa shape index (κ3) is 4.74. The van der Waals surface area contributed by atoms with Gasteiger partial charge in [-0.2, -0.15) is 0 Å². The fourth-order valence-electron chi connectivity index (χ4n) is 3.24. The Hall–Kier alpha value is -2.57. The second-order valence-corrected chi connectivity index (χ2v) is 6.70. The van der Waals surface area contributed by atoms with Gasteiger partial charge in [-0.1, -0.05) is 6.07 Å². The normalized spacial score (nSPS) is 17.2. The molecule has 0 radical (unpaired) electrons. The van der Waals surface area contributed by atoms with E-state index < -0.39 is 0 Å². The zero-order valence-corrected chi connectivity index (χ0v) is 15.4. The van der Waals surface area contributed by atoms with Crippen LogP contribution < -0.4 is 9.47 Å². The van der Waals surface area contributed by atoms with Crippen LogP contribution in [0.4, 0.5) is 0 Å². The van der Waals surface area contributed by atoms with Crippen LogP contribution in [0.1, 0.15) is 25.1 Å². The van der Waals surface area contributed by atoms with Crippen molar-refractivity contribution >= 4 is 5.91 Å². The van der Waals surface area contributed by atoms with Crippen molar-refractivity contribution in [2.24, 2.45) is 13.0 Å². The summed E-state index contributed by atoms with van der Waals surface area (Å²) in [6.45, 7) is 2.19. The lowest BCUT2D eigenvalue weighted by Crippen LogP contribution is -2.41. The number of aromatic nitrogens is 3. The molecule has 0 spiro atoms. The summed E-state index contributed by atoms with van der Waals surface area (Å²) in [6, 6.07) is 7.62. The first kappa shape index (κ1) is 18.2. The first-order chi connectivity index (χ1) is 12.7. The molecule has 1 aliphatic heterocycles. The number of benzene rings is 1. The highest BCUT2D eigenvalue weighted by molar-refractivity contribution is 5.76. The minimum atomic E-state index is 0.180. The molecule has 0 bridgehead atoms. The molecule has 1 fully saturated rings. The van der Waals surface area contributed by atoms with Gasteiger partial charge in [0.15, 0.2) is 0 Å². The maximum Gasteiger partial charge on any atom is 0.223 e. The molecule has 3 rings (SSSR count). The van der Waals surface area contributed by atoms with Crippen LogP contribution in [0.3, 0.4) is 0 Å². The van der Waals surface area contributed by atoms with Gasteiger partial charge in [0.25, 0.3) is 0 Å². The lowest BCUT2D eigenvalue weighted by atomic mass is 9.98. The highest BCUT2D eigenvalue weighted by Crippen LogP contribution is 2.22. The Balaban J connectivity index is 1.47. The molecule has 0 N–H and O–H groups in total. The number of carbonyl (C=O) groups is 1. The number of nitrogens with zero attached hydrogens (tertiary/aromatic N) is 4. The predicted octanol–water partition coefficient (Wildman–Crippen LogP) is 2.07. The Morgan fingerprint density at radius 2 is 2.19 bits per heavy atom. The maximum atomic E-state index is 12.5. The Morgan fingerprint density at radius 3 is 2.96 bits per heavy atom. The van der Waals surface area contributed by atoms with E-state index in [-0.39, 0.29) is 5.91 Å². The Kier molecular flexibility index (Phi) is 6.09. The third-order valence-corrected chi connectivity index (χ3v) is 4.77. The number of ether oxygens (including phenoxy) is 2. The lowest BCUT2D eigenvalue weighted by Gasteiger charge is -2.32. The van der Waals surface area contributed by atoms with Crippen LogP contribution in [0.15, 0.2) is 30.6 Å². The number of hydrogen-bond donors (Lipinski definition) is 0. The quantitative estimate of drug-likeness (QED) is 0.758. The molecule has 0 aliphatic carbocycles. The van der Waals surface area contributed by atoms with E-state index in [1.165, 1.54) is 0 Å². The van der Waals surface area contributed by atoms with E-state index in [0.29, 0.717) is 25.4 Å². The predicted molar refractivity (Wildman–Crippen MR) is 97.1 cm³/mol. The Morgan fingerprint density at radius 1 is 1.35 bits per heavy atom. The Bertz CT molecular complexity index is 731. The standard InChI is InChI=1S/C19H26N4O3/c1-22-14-20-21-18(22)8-9-19(24)23-10-4-5-15(12-23)13-26-17-7-3-6-16(11-17)25-2/h3,6-7,11,14-15H,4-5,8-10,12-13H2,1-2H3/t15-/m1/s1. The molecule has 0 unspecified atom stereocenters. The van der Waals surface area contributed by atoms with Crippen LogP contribution >= 0.6 is 0 Å². The molecule has 0 saturated carbocycles. The molecular formula is C19H26N4O3. The van der Waals surface area contributed by atoms with Crippen molar-refractivity contribution in [1.29, 1.82) is 0 Å². The number of hydrogen-bond acceptors (Lipinski definition) is 5. The van der Waals surface area contributed by atoms with E-state index >= 15 is 0 Å². The average Bonchev–Trinajstić information content (AvgIpc) is 3.09. The first-order valence-electron chi connectivity index (χ1n) is 9.03. The van der Waals surface area contributed by atoms with Gasteiger partial charge in [-0.05, 0) is 25.0 Å². The average molecular weight is 358 g/mol. The smallest absolute Gasteiger partial charge is 0.223 e. The van der Waals surface area contributed by atoms with Crippen molar-refractivity contribution in [3.8, 4) is 11.5 Å². The van der Waals surface area contributed by atoms with Gasteiger partial charge in [-0.3, -0.25) is 4.79 Å². The Labute approximate surface area is 153 Å². The summed E-state index contributed by atoms with van der Waals surface area (Å²) in [7, 11) is 3.54. The van der Waals surface area contributed by atoms with Crippen molar-refractivity contribution in [1.82, 2.24) is 19.7 Å². The van der Waals surface area contributed by atoms with Gasteiger partial charge in [0.05, 0.1) is 13.7 Å². The van der Waals surface area contributed by atoms with Gasteiger partial charge in [0.1, 0.15) is 23.7 Å². The van der Waals surface area contributed by atoms with Crippen LogP contribution in [-0.4, -0.2) is 52.4 Å². The summed E-state index contributed by atoms with van der Waals surface area (Å²) in [4.78, 5) is 14.5. The van der Waals surface area contributed by atoms with Crippen molar-refractivity contribution < 1.29 is 14.3 Å². The summed E-state index contributed by atoms with van der Waals surface area (Å²) >= 11 is 0. The molecule has 26 heavy (non-hydrogen) atoms. The number of aryl methyl sites for hydroxylation is 2. The summed E-state index contributed by atoms with van der Waals surface area (Å²) in [6.07, 6.45) is 4.85. The zero-order chi connectivity index (χ0) is 18.4. The van der Waals surface area contributed by atoms with E-state index in [9.17, 15) is 4.79 Å².